The summed E-state index contributed by atoms with van der Waals surface area (Å²) in [5.74, 6) is 0.153. The lowest BCUT2D eigenvalue weighted by atomic mass is 10.1. The Morgan fingerprint density at radius 2 is 1.94 bits per heavy atom. The maximum Gasteiger partial charge on any atom is 0.253 e. The monoisotopic (exact) mass is 218 g/mol. The van der Waals surface area contributed by atoms with E-state index in [0.29, 0.717) is 6.04 Å². The van der Waals surface area contributed by atoms with E-state index in [9.17, 15) is 4.79 Å². The summed E-state index contributed by atoms with van der Waals surface area (Å²) in [6.45, 7) is 4.77. The van der Waals surface area contributed by atoms with E-state index in [-0.39, 0.29) is 5.91 Å². The summed E-state index contributed by atoms with van der Waals surface area (Å²) in [4.78, 5) is 16.4. The Hall–Kier alpha value is -1.35. The Bertz CT molecular complexity index is 363. The second-order valence-electron chi connectivity index (χ2n) is 4.45. The van der Waals surface area contributed by atoms with Gasteiger partial charge in [0.05, 0.1) is 0 Å². The maximum atomic E-state index is 12.2. The molecule has 0 N–H and O–H groups in total. The fourth-order valence-electron chi connectivity index (χ4n) is 2.00. The summed E-state index contributed by atoms with van der Waals surface area (Å²) in [6, 6.07) is 9.96. The molecule has 1 aromatic rings. The molecule has 16 heavy (non-hydrogen) atoms. The smallest absolute Gasteiger partial charge is 0.253 e. The predicted molar refractivity (Wildman–Crippen MR) is 64.4 cm³/mol. The summed E-state index contributed by atoms with van der Waals surface area (Å²) in [7, 11) is 2.11. The van der Waals surface area contributed by atoms with Gasteiger partial charge in [-0.25, -0.2) is 0 Å². The highest BCUT2D eigenvalue weighted by Gasteiger charge is 2.24. The molecule has 3 heteroatoms. The third kappa shape index (κ3) is 2.25. The quantitative estimate of drug-likeness (QED) is 0.712. The third-order valence-electron chi connectivity index (χ3n) is 3.27. The van der Waals surface area contributed by atoms with Crippen LogP contribution in [-0.4, -0.2) is 48.4 Å². The van der Waals surface area contributed by atoms with Crippen molar-refractivity contribution in [2.24, 2.45) is 0 Å². The summed E-state index contributed by atoms with van der Waals surface area (Å²) in [5.41, 5.74) is 0.791. The van der Waals surface area contributed by atoms with Crippen molar-refractivity contribution >= 4 is 5.91 Å². The van der Waals surface area contributed by atoms with Crippen LogP contribution in [0.25, 0.3) is 0 Å². The number of hydrogen-bond donors (Lipinski definition) is 0. The number of benzene rings is 1. The van der Waals surface area contributed by atoms with Crippen LogP contribution in [0.15, 0.2) is 30.3 Å². The van der Waals surface area contributed by atoms with Gasteiger partial charge >= 0.3 is 0 Å². The molecular formula is C13H18N2O. The lowest BCUT2D eigenvalue weighted by molar-refractivity contribution is 0.0572. The van der Waals surface area contributed by atoms with Crippen LogP contribution < -0.4 is 0 Å². The van der Waals surface area contributed by atoms with E-state index >= 15 is 0 Å². The van der Waals surface area contributed by atoms with Crippen LogP contribution in [0.3, 0.4) is 0 Å². The van der Waals surface area contributed by atoms with Crippen LogP contribution in [0, 0.1) is 0 Å². The van der Waals surface area contributed by atoms with Gasteiger partial charge in [-0.15, -0.1) is 0 Å². The van der Waals surface area contributed by atoms with Gasteiger partial charge in [-0.3, -0.25) is 4.79 Å². The van der Waals surface area contributed by atoms with E-state index in [1.54, 1.807) is 0 Å². The molecule has 3 nitrogen and oxygen atoms in total. The first-order valence-electron chi connectivity index (χ1n) is 5.73. The lowest BCUT2D eigenvalue weighted by Crippen LogP contribution is -2.51. The minimum Gasteiger partial charge on any atom is -0.336 e. The van der Waals surface area contributed by atoms with Gasteiger partial charge < -0.3 is 9.80 Å². The minimum atomic E-state index is 0.153. The fraction of sp³-hybridized carbons (Fsp3) is 0.462. The van der Waals surface area contributed by atoms with E-state index in [4.69, 9.17) is 0 Å². The first-order chi connectivity index (χ1) is 7.68. The highest BCUT2D eigenvalue weighted by atomic mass is 16.2. The van der Waals surface area contributed by atoms with Gasteiger partial charge in [-0.1, -0.05) is 18.2 Å². The number of rotatable bonds is 1. The molecule has 1 aromatic carbocycles. The van der Waals surface area contributed by atoms with Gasteiger partial charge in [0.1, 0.15) is 0 Å². The van der Waals surface area contributed by atoms with Crippen LogP contribution in [0.4, 0.5) is 0 Å². The topological polar surface area (TPSA) is 23.6 Å². The Balaban J connectivity index is 2.06. The average Bonchev–Trinajstić information content (AvgIpc) is 2.33. The largest absolute Gasteiger partial charge is 0.336 e. The molecule has 86 valence electrons. The molecule has 0 spiro atoms. The maximum absolute atomic E-state index is 12.2. The molecule has 0 saturated carbocycles. The van der Waals surface area contributed by atoms with Crippen molar-refractivity contribution in [2.75, 3.05) is 26.7 Å². The predicted octanol–water partition coefficient (Wildman–Crippen LogP) is 1.46. The average molecular weight is 218 g/mol. The highest BCUT2D eigenvalue weighted by molar-refractivity contribution is 5.94. The fourth-order valence-corrected chi connectivity index (χ4v) is 2.00. The SMILES string of the molecule is CC1CN(C(=O)c2ccccc2)CCN1C. The molecule has 1 aliphatic heterocycles. The molecular weight excluding hydrogens is 200 g/mol. The van der Waals surface area contributed by atoms with Gasteiger partial charge in [0, 0.05) is 31.2 Å². The molecule has 1 unspecified atom stereocenters. The van der Waals surface area contributed by atoms with E-state index in [0.717, 1.165) is 25.2 Å². The minimum absolute atomic E-state index is 0.153. The van der Waals surface area contributed by atoms with E-state index < -0.39 is 0 Å². The number of carbonyl (C=O) groups excluding carboxylic acids is 1. The summed E-state index contributed by atoms with van der Waals surface area (Å²) in [6.07, 6.45) is 0. The zero-order valence-electron chi connectivity index (χ0n) is 9.89. The zero-order chi connectivity index (χ0) is 11.5. The summed E-state index contributed by atoms with van der Waals surface area (Å²) >= 11 is 0. The van der Waals surface area contributed by atoms with E-state index in [1.165, 1.54) is 0 Å². The van der Waals surface area contributed by atoms with Gasteiger partial charge in [0.2, 0.25) is 0 Å². The number of likely N-dealkylation sites (N-methyl/N-ethyl adjacent to an activating group) is 1. The summed E-state index contributed by atoms with van der Waals surface area (Å²) in [5, 5.41) is 0. The van der Waals surface area contributed by atoms with Crippen molar-refractivity contribution in [1.82, 2.24) is 9.80 Å². The standard InChI is InChI=1S/C13H18N2O/c1-11-10-15(9-8-14(11)2)13(16)12-6-4-3-5-7-12/h3-7,11H,8-10H2,1-2H3. The second-order valence-corrected chi connectivity index (χ2v) is 4.45. The van der Waals surface area contributed by atoms with Gasteiger partial charge in [0.15, 0.2) is 0 Å². The molecule has 0 bridgehead atoms. The van der Waals surface area contributed by atoms with Crippen molar-refractivity contribution in [1.29, 1.82) is 0 Å². The normalized spacial score (nSPS) is 22.1. The molecule has 1 fully saturated rings. The Morgan fingerprint density at radius 1 is 1.25 bits per heavy atom. The van der Waals surface area contributed by atoms with Crippen molar-refractivity contribution in [3.63, 3.8) is 0 Å². The molecule has 1 heterocycles. The van der Waals surface area contributed by atoms with Crippen LogP contribution in [0.2, 0.25) is 0 Å². The number of piperazine rings is 1. The van der Waals surface area contributed by atoms with Crippen molar-refractivity contribution < 1.29 is 4.79 Å². The first kappa shape index (κ1) is 11.1. The van der Waals surface area contributed by atoms with E-state index in [1.807, 2.05) is 35.2 Å². The van der Waals surface area contributed by atoms with Crippen molar-refractivity contribution in [2.45, 2.75) is 13.0 Å². The highest BCUT2D eigenvalue weighted by Crippen LogP contribution is 2.11. The lowest BCUT2D eigenvalue weighted by Gasteiger charge is -2.37. The number of nitrogens with zero attached hydrogens (tertiary/aromatic N) is 2. The van der Waals surface area contributed by atoms with Gasteiger partial charge in [-0.05, 0) is 26.1 Å². The van der Waals surface area contributed by atoms with Crippen LogP contribution >= 0.6 is 0 Å². The number of carbonyl (C=O) groups is 1. The van der Waals surface area contributed by atoms with E-state index in [2.05, 4.69) is 18.9 Å². The Morgan fingerprint density at radius 3 is 2.56 bits per heavy atom. The van der Waals surface area contributed by atoms with Crippen LogP contribution in [0.5, 0.6) is 0 Å². The molecule has 1 saturated heterocycles. The van der Waals surface area contributed by atoms with Gasteiger partial charge in [-0.2, -0.15) is 0 Å². The van der Waals surface area contributed by atoms with Gasteiger partial charge in [0.25, 0.3) is 5.91 Å². The Kier molecular flexibility index (Phi) is 3.25. The molecule has 0 radical (unpaired) electrons. The van der Waals surface area contributed by atoms with Crippen molar-refractivity contribution in [3.05, 3.63) is 35.9 Å². The zero-order valence-corrected chi connectivity index (χ0v) is 9.89. The van der Waals surface area contributed by atoms with Crippen LogP contribution in [0.1, 0.15) is 17.3 Å². The third-order valence-corrected chi connectivity index (χ3v) is 3.27. The number of amides is 1. The molecule has 2 rings (SSSR count). The Labute approximate surface area is 96.7 Å². The second kappa shape index (κ2) is 4.66. The molecule has 1 amide bonds. The summed E-state index contributed by atoms with van der Waals surface area (Å²) < 4.78 is 0. The molecule has 0 aromatic heterocycles. The van der Waals surface area contributed by atoms with Crippen molar-refractivity contribution in [3.8, 4) is 0 Å². The molecule has 0 aliphatic carbocycles. The van der Waals surface area contributed by atoms with Crippen LogP contribution in [-0.2, 0) is 0 Å². The molecule has 1 aliphatic rings. The first-order valence-corrected chi connectivity index (χ1v) is 5.73. The number of hydrogen-bond acceptors (Lipinski definition) is 2. The molecule has 1 atom stereocenters.